The average molecular weight is 581 g/mol. The van der Waals surface area contributed by atoms with Crippen molar-refractivity contribution >= 4 is 56.7 Å². The van der Waals surface area contributed by atoms with Crippen molar-refractivity contribution in [3.63, 3.8) is 0 Å². The molecular weight excluding hydrogens is 545 g/mol. The van der Waals surface area contributed by atoms with Gasteiger partial charge in [-0.05, 0) is 84.0 Å². The highest BCUT2D eigenvalue weighted by Gasteiger charge is 2.22. The predicted molar refractivity (Wildman–Crippen MR) is 173 cm³/mol. The fourth-order valence-electron chi connectivity index (χ4n) is 4.91. The van der Waals surface area contributed by atoms with E-state index in [9.17, 15) is 0 Å². The Balaban J connectivity index is 1.55. The van der Waals surface area contributed by atoms with Crippen molar-refractivity contribution in [1.82, 2.24) is 0 Å². The molecule has 5 aromatic heterocycles. The molecule has 0 bridgehead atoms. The number of thiophene rings is 5. The molecule has 0 nitrogen and oxygen atoms in total. The zero-order valence-electron chi connectivity index (χ0n) is 21.9. The smallest absolute Gasteiger partial charge is 0.0484 e. The third kappa shape index (κ3) is 6.57. The van der Waals surface area contributed by atoms with E-state index in [0.717, 1.165) is 0 Å². The van der Waals surface area contributed by atoms with E-state index in [4.69, 9.17) is 0 Å². The monoisotopic (exact) mass is 580 g/mol. The minimum Gasteiger partial charge on any atom is -0.143 e. The molecule has 0 fully saturated rings. The molecule has 0 saturated carbocycles. The number of hydrogen-bond donors (Lipinski definition) is 0. The fourth-order valence-corrected chi connectivity index (χ4v) is 10.3. The highest BCUT2D eigenvalue weighted by Crippen LogP contribution is 2.49. The molecule has 5 aromatic rings. The number of unbranched alkanes of at least 4 members (excludes halogenated alkanes) is 6. The molecule has 0 aliphatic heterocycles. The lowest BCUT2D eigenvalue weighted by Gasteiger charge is -2.09. The Morgan fingerprint density at radius 3 is 1.32 bits per heavy atom. The summed E-state index contributed by atoms with van der Waals surface area (Å²) in [4.78, 5) is 11.6. The van der Waals surface area contributed by atoms with Crippen LogP contribution in [0, 0.1) is 0 Å². The van der Waals surface area contributed by atoms with Gasteiger partial charge in [-0.2, -0.15) is 0 Å². The van der Waals surface area contributed by atoms with Crippen LogP contribution in [0.5, 0.6) is 0 Å². The Hall–Kier alpha value is -1.50. The van der Waals surface area contributed by atoms with Gasteiger partial charge in [0, 0.05) is 39.0 Å². The van der Waals surface area contributed by atoms with Gasteiger partial charge in [0.05, 0.1) is 0 Å². The molecule has 5 rings (SSSR count). The molecule has 0 radical (unpaired) electrons. The topological polar surface area (TPSA) is 0 Å². The lowest BCUT2D eigenvalue weighted by molar-refractivity contribution is 0.653. The maximum absolute atomic E-state index is 2.39. The van der Waals surface area contributed by atoms with Gasteiger partial charge >= 0.3 is 0 Å². The Morgan fingerprint density at radius 2 is 0.919 bits per heavy atom. The van der Waals surface area contributed by atoms with E-state index in [0.29, 0.717) is 0 Å². The molecule has 0 aromatic carbocycles. The molecular formula is C32H36S5. The highest BCUT2D eigenvalue weighted by atomic mass is 32.1. The summed E-state index contributed by atoms with van der Waals surface area (Å²) in [5.41, 5.74) is 3.30. The van der Waals surface area contributed by atoms with Gasteiger partial charge in [0.25, 0.3) is 0 Å². The molecule has 194 valence electrons. The van der Waals surface area contributed by atoms with Gasteiger partial charge in [-0.25, -0.2) is 0 Å². The predicted octanol–water partition coefficient (Wildman–Crippen LogP) is 12.9. The quantitative estimate of drug-likeness (QED) is 0.115. The van der Waals surface area contributed by atoms with E-state index in [1.165, 1.54) is 103 Å². The van der Waals surface area contributed by atoms with Crippen molar-refractivity contribution in [1.29, 1.82) is 0 Å². The molecule has 0 N–H and O–H groups in total. The Kier molecular flexibility index (Phi) is 9.90. The second-order valence-electron chi connectivity index (χ2n) is 9.62. The average Bonchev–Trinajstić information content (AvgIpc) is 3.74. The summed E-state index contributed by atoms with van der Waals surface area (Å²) in [6, 6.07) is 18.3. The minimum absolute atomic E-state index is 1.21. The largest absolute Gasteiger partial charge is 0.143 e. The van der Waals surface area contributed by atoms with Crippen LogP contribution in [0.15, 0.2) is 59.3 Å². The van der Waals surface area contributed by atoms with Gasteiger partial charge in [-0.1, -0.05) is 64.5 Å². The highest BCUT2D eigenvalue weighted by molar-refractivity contribution is 7.29. The summed E-state index contributed by atoms with van der Waals surface area (Å²) in [6.07, 6.45) is 13.0. The summed E-state index contributed by atoms with van der Waals surface area (Å²) in [6.45, 7) is 4.63. The van der Waals surface area contributed by atoms with Crippen molar-refractivity contribution < 1.29 is 0 Å². The molecule has 37 heavy (non-hydrogen) atoms. The van der Waals surface area contributed by atoms with Gasteiger partial charge in [0.1, 0.15) is 0 Å². The summed E-state index contributed by atoms with van der Waals surface area (Å²) in [7, 11) is 0. The Morgan fingerprint density at radius 1 is 0.459 bits per heavy atom. The van der Waals surface area contributed by atoms with E-state index < -0.39 is 0 Å². The number of hydrogen-bond acceptors (Lipinski definition) is 5. The third-order valence-electron chi connectivity index (χ3n) is 6.86. The van der Waals surface area contributed by atoms with Crippen molar-refractivity contribution in [2.24, 2.45) is 0 Å². The van der Waals surface area contributed by atoms with Gasteiger partial charge < -0.3 is 0 Å². The van der Waals surface area contributed by atoms with Crippen LogP contribution < -0.4 is 0 Å². The Bertz CT molecular complexity index is 1240. The second-order valence-corrected chi connectivity index (χ2v) is 14.7. The maximum atomic E-state index is 2.39. The van der Waals surface area contributed by atoms with Crippen molar-refractivity contribution in [3.8, 4) is 39.0 Å². The molecule has 0 aliphatic rings. The normalized spacial score (nSPS) is 11.5. The Labute approximate surface area is 242 Å². The molecule has 5 heteroatoms. The summed E-state index contributed by atoms with van der Waals surface area (Å²) in [5, 5.41) is 4.38. The van der Waals surface area contributed by atoms with Crippen LogP contribution in [0.4, 0.5) is 0 Å². The van der Waals surface area contributed by atoms with Crippen LogP contribution in [-0.2, 0) is 12.8 Å². The maximum Gasteiger partial charge on any atom is 0.0484 e. The van der Waals surface area contributed by atoms with E-state index in [-0.39, 0.29) is 0 Å². The lowest BCUT2D eigenvalue weighted by Crippen LogP contribution is -1.95. The fraction of sp³-hybridized carbons (Fsp3) is 0.375. The second kappa shape index (κ2) is 13.5. The standard InChI is InChI=1S/C32H36S5/c1-3-5-7-9-13-23-24(14-10-8-6-4-2)32(30-20-18-28(36-30)26-16-12-22-34-26)37-31(23)29-19-17-27(35-29)25-15-11-21-33-25/h11-12,15-22H,3-10,13-14H2,1-2H3. The molecule has 0 amide bonds. The molecule has 0 spiro atoms. The van der Waals surface area contributed by atoms with Gasteiger partial charge in [0.15, 0.2) is 0 Å². The molecule has 0 unspecified atom stereocenters. The van der Waals surface area contributed by atoms with Gasteiger partial charge in [-0.15, -0.1) is 56.7 Å². The van der Waals surface area contributed by atoms with E-state index in [1.54, 1.807) is 11.1 Å². The van der Waals surface area contributed by atoms with Crippen molar-refractivity contribution in [2.75, 3.05) is 0 Å². The van der Waals surface area contributed by atoms with Crippen molar-refractivity contribution in [3.05, 3.63) is 70.4 Å². The summed E-state index contributed by atoms with van der Waals surface area (Å²) >= 11 is 9.72. The first-order chi connectivity index (χ1) is 18.3. The summed E-state index contributed by atoms with van der Waals surface area (Å²) in [5.74, 6) is 0. The van der Waals surface area contributed by atoms with Crippen molar-refractivity contribution in [2.45, 2.75) is 78.1 Å². The van der Waals surface area contributed by atoms with E-state index >= 15 is 0 Å². The van der Waals surface area contributed by atoms with Crippen LogP contribution in [-0.4, -0.2) is 0 Å². The SMILES string of the molecule is CCCCCCc1c(-c2ccc(-c3cccs3)s2)sc(-c2ccc(-c3cccs3)s2)c1CCCCCC. The van der Waals surface area contributed by atoms with Crippen LogP contribution in [0.3, 0.4) is 0 Å². The first-order valence-corrected chi connectivity index (χ1v) is 17.9. The molecule has 0 saturated heterocycles. The zero-order chi connectivity index (χ0) is 25.5. The first-order valence-electron chi connectivity index (χ1n) is 13.7. The van der Waals surface area contributed by atoms with E-state index in [1.807, 2.05) is 45.3 Å². The minimum atomic E-state index is 1.21. The van der Waals surface area contributed by atoms with Crippen LogP contribution in [0.1, 0.15) is 76.3 Å². The summed E-state index contributed by atoms with van der Waals surface area (Å²) < 4.78 is 0. The van der Waals surface area contributed by atoms with Gasteiger partial charge in [-0.3, -0.25) is 0 Å². The lowest BCUT2D eigenvalue weighted by atomic mass is 9.96. The molecule has 5 heterocycles. The van der Waals surface area contributed by atoms with Gasteiger partial charge in [0.2, 0.25) is 0 Å². The van der Waals surface area contributed by atoms with Crippen LogP contribution in [0.2, 0.25) is 0 Å². The zero-order valence-corrected chi connectivity index (χ0v) is 26.0. The van der Waals surface area contributed by atoms with Crippen LogP contribution in [0.25, 0.3) is 39.0 Å². The van der Waals surface area contributed by atoms with E-state index in [2.05, 4.69) is 84.5 Å². The molecule has 0 aliphatic carbocycles. The number of rotatable bonds is 14. The first kappa shape index (κ1) is 27.1. The van der Waals surface area contributed by atoms with Crippen LogP contribution >= 0.6 is 56.7 Å². The third-order valence-corrected chi connectivity index (χ3v) is 12.8. The molecule has 0 atom stereocenters.